The smallest absolute Gasteiger partial charge is 0.325 e. The highest BCUT2D eigenvalue weighted by Crippen LogP contribution is 2.31. The van der Waals surface area contributed by atoms with E-state index in [2.05, 4.69) is 23.6 Å². The lowest BCUT2D eigenvalue weighted by molar-refractivity contribution is -0.118. The minimum Gasteiger partial charge on any atom is -0.359 e. The molecule has 0 aromatic heterocycles. The Kier molecular flexibility index (Phi) is 4.28. The Balaban J connectivity index is 1.58. The first-order valence-electron chi connectivity index (χ1n) is 7.64. The molecule has 0 saturated carbocycles. The number of imide groups is 1. The van der Waals surface area contributed by atoms with Crippen LogP contribution in [0.25, 0.3) is 0 Å². The van der Waals surface area contributed by atoms with Crippen molar-refractivity contribution in [2.75, 3.05) is 16.8 Å². The summed E-state index contributed by atoms with van der Waals surface area (Å²) in [5.41, 5.74) is 2.96. The normalized spacial score (nSPS) is 15.9. The van der Waals surface area contributed by atoms with Gasteiger partial charge in [0, 0.05) is 17.4 Å². The van der Waals surface area contributed by atoms with Crippen LogP contribution in [0.15, 0.2) is 54.6 Å². The lowest BCUT2D eigenvalue weighted by Crippen LogP contribution is -2.43. The SMILES string of the molecule is CC1Cc2ccccc2N1CC(=O)NC(=O)Nc1ccccc1. The Morgan fingerprint density at radius 2 is 1.78 bits per heavy atom. The minimum atomic E-state index is -0.513. The molecule has 0 saturated heterocycles. The number of hydrogen-bond donors (Lipinski definition) is 2. The summed E-state index contributed by atoms with van der Waals surface area (Å²) in [5, 5.41) is 5.01. The molecular formula is C18H19N3O2. The molecule has 0 aliphatic carbocycles. The second kappa shape index (κ2) is 6.52. The van der Waals surface area contributed by atoms with E-state index in [0.29, 0.717) is 5.69 Å². The maximum absolute atomic E-state index is 12.1. The molecule has 3 amide bonds. The Hall–Kier alpha value is -2.82. The highest BCUT2D eigenvalue weighted by molar-refractivity contribution is 6.02. The molecule has 3 rings (SSSR count). The van der Waals surface area contributed by atoms with Gasteiger partial charge in [0.05, 0.1) is 6.54 Å². The number of para-hydroxylation sites is 2. The summed E-state index contributed by atoms with van der Waals surface area (Å²) in [7, 11) is 0. The topological polar surface area (TPSA) is 61.4 Å². The summed E-state index contributed by atoms with van der Waals surface area (Å²) < 4.78 is 0. The predicted octanol–water partition coefficient (Wildman–Crippen LogP) is 2.79. The molecule has 5 heteroatoms. The van der Waals surface area contributed by atoms with Crippen molar-refractivity contribution < 1.29 is 9.59 Å². The van der Waals surface area contributed by atoms with Gasteiger partial charge in [0.2, 0.25) is 5.91 Å². The average Bonchev–Trinajstić information content (AvgIpc) is 2.84. The highest BCUT2D eigenvalue weighted by Gasteiger charge is 2.27. The van der Waals surface area contributed by atoms with Crippen LogP contribution >= 0.6 is 0 Å². The van der Waals surface area contributed by atoms with E-state index in [-0.39, 0.29) is 18.5 Å². The molecule has 1 aliphatic rings. The molecule has 2 aromatic carbocycles. The molecule has 118 valence electrons. The van der Waals surface area contributed by atoms with Gasteiger partial charge in [-0.05, 0) is 37.1 Å². The standard InChI is InChI=1S/C18H19N3O2/c1-13-11-14-7-5-6-10-16(14)21(13)12-17(22)20-18(23)19-15-8-3-2-4-9-15/h2-10,13H,11-12H2,1H3,(H2,19,20,22,23). The van der Waals surface area contributed by atoms with E-state index in [1.165, 1.54) is 5.56 Å². The molecular weight excluding hydrogens is 290 g/mol. The number of nitrogens with zero attached hydrogens (tertiary/aromatic N) is 1. The third kappa shape index (κ3) is 3.51. The van der Waals surface area contributed by atoms with Gasteiger partial charge in [-0.3, -0.25) is 10.1 Å². The van der Waals surface area contributed by atoms with Gasteiger partial charge >= 0.3 is 6.03 Å². The van der Waals surface area contributed by atoms with Crippen molar-refractivity contribution in [2.24, 2.45) is 0 Å². The third-order valence-corrected chi connectivity index (χ3v) is 3.95. The number of urea groups is 1. The predicted molar refractivity (Wildman–Crippen MR) is 90.6 cm³/mol. The number of amides is 3. The number of anilines is 2. The van der Waals surface area contributed by atoms with Crippen LogP contribution < -0.4 is 15.5 Å². The first-order chi connectivity index (χ1) is 11.1. The van der Waals surface area contributed by atoms with E-state index < -0.39 is 6.03 Å². The summed E-state index contributed by atoms with van der Waals surface area (Å²) in [6.07, 6.45) is 0.916. The Bertz CT molecular complexity index is 715. The molecule has 1 aliphatic heterocycles. The summed E-state index contributed by atoms with van der Waals surface area (Å²) >= 11 is 0. The van der Waals surface area contributed by atoms with Gasteiger partial charge in [-0.25, -0.2) is 4.79 Å². The number of carbonyl (C=O) groups excluding carboxylic acids is 2. The van der Waals surface area contributed by atoms with Gasteiger partial charge in [-0.15, -0.1) is 0 Å². The van der Waals surface area contributed by atoms with E-state index in [0.717, 1.165) is 12.1 Å². The summed E-state index contributed by atoms with van der Waals surface area (Å²) in [5.74, 6) is -0.318. The van der Waals surface area contributed by atoms with Crippen LogP contribution in [0.4, 0.5) is 16.2 Å². The number of rotatable bonds is 3. The zero-order valence-corrected chi connectivity index (χ0v) is 13.0. The number of nitrogens with one attached hydrogen (secondary N) is 2. The number of hydrogen-bond acceptors (Lipinski definition) is 3. The van der Waals surface area contributed by atoms with E-state index in [4.69, 9.17) is 0 Å². The van der Waals surface area contributed by atoms with Gasteiger partial charge in [-0.2, -0.15) is 0 Å². The molecule has 2 N–H and O–H groups in total. The molecule has 1 heterocycles. The van der Waals surface area contributed by atoms with Crippen LogP contribution in [0.3, 0.4) is 0 Å². The summed E-state index contributed by atoms with van der Waals surface area (Å²) in [4.78, 5) is 26.0. The van der Waals surface area contributed by atoms with Crippen molar-refractivity contribution in [3.63, 3.8) is 0 Å². The van der Waals surface area contributed by atoms with E-state index >= 15 is 0 Å². The van der Waals surface area contributed by atoms with Gasteiger partial charge in [0.25, 0.3) is 0 Å². The Morgan fingerprint density at radius 3 is 2.57 bits per heavy atom. The largest absolute Gasteiger partial charge is 0.359 e. The molecule has 0 bridgehead atoms. The first-order valence-corrected chi connectivity index (χ1v) is 7.64. The lowest BCUT2D eigenvalue weighted by atomic mass is 10.1. The van der Waals surface area contributed by atoms with Crippen molar-refractivity contribution in [3.8, 4) is 0 Å². The zero-order valence-electron chi connectivity index (χ0n) is 13.0. The number of fused-ring (bicyclic) bond motifs is 1. The summed E-state index contributed by atoms with van der Waals surface area (Å²) in [6, 6.07) is 16.8. The van der Waals surface area contributed by atoms with Gasteiger partial charge in [-0.1, -0.05) is 36.4 Å². The van der Waals surface area contributed by atoms with E-state index in [1.54, 1.807) is 12.1 Å². The fraction of sp³-hybridized carbons (Fsp3) is 0.222. The molecule has 0 radical (unpaired) electrons. The van der Waals surface area contributed by atoms with E-state index in [1.807, 2.05) is 41.3 Å². The van der Waals surface area contributed by atoms with Crippen LogP contribution in [-0.2, 0) is 11.2 Å². The summed E-state index contributed by atoms with van der Waals surface area (Å²) in [6.45, 7) is 2.25. The molecule has 1 unspecified atom stereocenters. The van der Waals surface area contributed by atoms with Crippen LogP contribution in [0.2, 0.25) is 0 Å². The van der Waals surface area contributed by atoms with E-state index in [9.17, 15) is 9.59 Å². The highest BCUT2D eigenvalue weighted by atomic mass is 16.2. The lowest BCUT2D eigenvalue weighted by Gasteiger charge is -2.23. The first kappa shape index (κ1) is 15.1. The zero-order chi connectivity index (χ0) is 16.2. The number of benzene rings is 2. The van der Waals surface area contributed by atoms with Crippen LogP contribution in [0.1, 0.15) is 12.5 Å². The second-order valence-corrected chi connectivity index (χ2v) is 5.68. The van der Waals surface area contributed by atoms with Crippen LogP contribution in [0.5, 0.6) is 0 Å². The molecule has 5 nitrogen and oxygen atoms in total. The molecule has 1 atom stereocenters. The Labute approximate surface area is 135 Å². The van der Waals surface area contributed by atoms with Crippen molar-refractivity contribution in [1.29, 1.82) is 0 Å². The molecule has 0 spiro atoms. The second-order valence-electron chi connectivity index (χ2n) is 5.68. The maximum Gasteiger partial charge on any atom is 0.325 e. The van der Waals surface area contributed by atoms with Gasteiger partial charge in [0.15, 0.2) is 0 Å². The monoisotopic (exact) mass is 309 g/mol. The fourth-order valence-electron chi connectivity index (χ4n) is 2.88. The molecule has 2 aromatic rings. The fourth-order valence-corrected chi connectivity index (χ4v) is 2.88. The maximum atomic E-state index is 12.1. The molecule has 23 heavy (non-hydrogen) atoms. The van der Waals surface area contributed by atoms with Crippen molar-refractivity contribution in [3.05, 3.63) is 60.2 Å². The third-order valence-electron chi connectivity index (χ3n) is 3.95. The van der Waals surface area contributed by atoms with Crippen molar-refractivity contribution in [2.45, 2.75) is 19.4 Å². The van der Waals surface area contributed by atoms with Gasteiger partial charge < -0.3 is 10.2 Å². The van der Waals surface area contributed by atoms with Crippen molar-refractivity contribution >= 4 is 23.3 Å². The number of carbonyl (C=O) groups is 2. The van der Waals surface area contributed by atoms with Crippen molar-refractivity contribution in [1.82, 2.24) is 5.32 Å². The molecule has 0 fully saturated rings. The van der Waals surface area contributed by atoms with Crippen LogP contribution in [-0.4, -0.2) is 24.5 Å². The van der Waals surface area contributed by atoms with Gasteiger partial charge in [0.1, 0.15) is 0 Å². The quantitative estimate of drug-likeness (QED) is 0.916. The van der Waals surface area contributed by atoms with Crippen LogP contribution in [0, 0.1) is 0 Å². The Morgan fingerprint density at radius 1 is 1.09 bits per heavy atom. The minimum absolute atomic E-state index is 0.167. The average molecular weight is 309 g/mol.